The zero-order valence-electron chi connectivity index (χ0n) is 10.2. The van der Waals surface area contributed by atoms with E-state index in [1.54, 1.807) is 0 Å². The number of likely N-dealkylation sites (N-methyl/N-ethyl adjacent to an activating group) is 1. The van der Waals surface area contributed by atoms with Gasteiger partial charge in [-0.3, -0.25) is 4.99 Å². The van der Waals surface area contributed by atoms with Crippen molar-refractivity contribution in [2.24, 2.45) is 4.99 Å². The van der Waals surface area contributed by atoms with E-state index in [1.165, 1.54) is 5.56 Å². The SMILES string of the molecule is CN1CCN=C1NCc1cnn2ccccc12.I. The van der Waals surface area contributed by atoms with Gasteiger partial charge in [0.25, 0.3) is 0 Å². The Labute approximate surface area is 123 Å². The molecule has 0 spiro atoms. The molecule has 0 aromatic carbocycles. The summed E-state index contributed by atoms with van der Waals surface area (Å²) in [4.78, 5) is 6.53. The fraction of sp³-hybridized carbons (Fsp3) is 0.333. The van der Waals surface area contributed by atoms with Crippen LogP contribution in [0.1, 0.15) is 5.56 Å². The number of hydrogen-bond acceptors (Lipinski definition) is 4. The summed E-state index contributed by atoms with van der Waals surface area (Å²) in [7, 11) is 2.05. The molecule has 18 heavy (non-hydrogen) atoms. The lowest BCUT2D eigenvalue weighted by molar-refractivity contribution is 0.534. The minimum atomic E-state index is 0. The van der Waals surface area contributed by atoms with Crippen molar-refractivity contribution in [1.29, 1.82) is 0 Å². The maximum Gasteiger partial charge on any atom is 0.194 e. The summed E-state index contributed by atoms with van der Waals surface area (Å²) in [5, 5.41) is 7.65. The standard InChI is InChI=1S/C12H15N5.HI/c1-16-7-5-13-12(16)14-8-10-9-15-17-6-3-2-4-11(10)17;/h2-4,6,9H,5,7-8H2,1H3,(H,13,14);1H. The van der Waals surface area contributed by atoms with Crippen LogP contribution >= 0.6 is 24.0 Å². The van der Waals surface area contributed by atoms with E-state index in [0.717, 1.165) is 31.1 Å². The Morgan fingerprint density at radius 3 is 3.06 bits per heavy atom. The maximum atomic E-state index is 4.40. The third-order valence-corrected chi connectivity index (χ3v) is 3.00. The van der Waals surface area contributed by atoms with Crippen LogP contribution in [0.15, 0.2) is 35.6 Å². The highest BCUT2D eigenvalue weighted by Gasteiger charge is 2.12. The zero-order valence-corrected chi connectivity index (χ0v) is 12.5. The lowest BCUT2D eigenvalue weighted by Crippen LogP contribution is -2.35. The first-order valence-corrected chi connectivity index (χ1v) is 5.75. The summed E-state index contributed by atoms with van der Waals surface area (Å²) in [6.45, 7) is 2.64. The van der Waals surface area contributed by atoms with E-state index >= 15 is 0 Å². The molecule has 5 nitrogen and oxygen atoms in total. The second-order valence-electron chi connectivity index (χ2n) is 4.18. The quantitative estimate of drug-likeness (QED) is 0.826. The van der Waals surface area contributed by atoms with Gasteiger partial charge in [0.2, 0.25) is 0 Å². The molecular weight excluding hydrogens is 341 g/mol. The Bertz CT molecular complexity index is 562. The fourth-order valence-electron chi connectivity index (χ4n) is 2.02. The summed E-state index contributed by atoms with van der Waals surface area (Å²) in [6.07, 6.45) is 3.86. The zero-order chi connectivity index (χ0) is 11.7. The molecule has 1 N–H and O–H groups in total. The number of rotatable bonds is 2. The molecule has 0 fully saturated rings. The molecule has 6 heteroatoms. The maximum absolute atomic E-state index is 4.40. The number of guanidine groups is 1. The van der Waals surface area contributed by atoms with Crippen molar-refractivity contribution >= 4 is 35.5 Å². The van der Waals surface area contributed by atoms with Gasteiger partial charge in [0, 0.05) is 31.9 Å². The van der Waals surface area contributed by atoms with Gasteiger partial charge in [-0.1, -0.05) is 6.07 Å². The molecule has 0 radical (unpaired) electrons. The van der Waals surface area contributed by atoms with Gasteiger partial charge < -0.3 is 10.2 Å². The van der Waals surface area contributed by atoms with E-state index in [1.807, 2.05) is 29.0 Å². The minimum Gasteiger partial charge on any atom is -0.352 e. The molecular formula is C12H16IN5. The molecule has 0 aliphatic carbocycles. The largest absolute Gasteiger partial charge is 0.352 e. The summed E-state index contributed by atoms with van der Waals surface area (Å²) in [6, 6.07) is 6.08. The molecule has 1 aliphatic heterocycles. The van der Waals surface area contributed by atoms with Crippen molar-refractivity contribution in [3.63, 3.8) is 0 Å². The van der Waals surface area contributed by atoms with Crippen LogP contribution in [0, 0.1) is 0 Å². The smallest absolute Gasteiger partial charge is 0.194 e. The highest BCUT2D eigenvalue weighted by atomic mass is 127. The van der Waals surface area contributed by atoms with E-state index < -0.39 is 0 Å². The fourth-order valence-corrected chi connectivity index (χ4v) is 2.02. The first kappa shape index (κ1) is 13.1. The number of aliphatic imine (C=N–C) groups is 1. The molecule has 2 aromatic heterocycles. The molecule has 0 atom stereocenters. The molecule has 0 saturated heterocycles. The van der Waals surface area contributed by atoms with Crippen molar-refractivity contribution < 1.29 is 0 Å². The van der Waals surface area contributed by atoms with Crippen molar-refractivity contribution in [3.8, 4) is 0 Å². The first-order chi connectivity index (χ1) is 8.34. The molecule has 3 rings (SSSR count). The number of nitrogens with one attached hydrogen (secondary N) is 1. The van der Waals surface area contributed by atoms with Gasteiger partial charge in [-0.05, 0) is 12.1 Å². The Balaban J connectivity index is 0.00000120. The van der Waals surface area contributed by atoms with Crippen molar-refractivity contribution in [1.82, 2.24) is 19.8 Å². The lowest BCUT2D eigenvalue weighted by Gasteiger charge is -2.14. The number of hydrogen-bond donors (Lipinski definition) is 1. The van der Waals surface area contributed by atoms with Crippen LogP contribution in [0.2, 0.25) is 0 Å². The summed E-state index contributed by atoms with van der Waals surface area (Å²) >= 11 is 0. The van der Waals surface area contributed by atoms with E-state index in [2.05, 4.69) is 33.4 Å². The van der Waals surface area contributed by atoms with Gasteiger partial charge in [0.15, 0.2) is 5.96 Å². The van der Waals surface area contributed by atoms with Crippen LogP contribution in [0.3, 0.4) is 0 Å². The molecule has 2 aromatic rings. The molecule has 1 aliphatic rings. The van der Waals surface area contributed by atoms with Crippen LogP contribution < -0.4 is 5.32 Å². The summed E-state index contributed by atoms with van der Waals surface area (Å²) in [5.41, 5.74) is 2.33. The number of fused-ring (bicyclic) bond motifs is 1. The van der Waals surface area contributed by atoms with E-state index in [4.69, 9.17) is 0 Å². The molecule has 0 unspecified atom stereocenters. The van der Waals surface area contributed by atoms with Gasteiger partial charge >= 0.3 is 0 Å². The van der Waals surface area contributed by atoms with Crippen LogP contribution in [-0.2, 0) is 6.54 Å². The summed E-state index contributed by atoms with van der Waals surface area (Å²) < 4.78 is 1.89. The van der Waals surface area contributed by atoms with Crippen LogP contribution in [0.25, 0.3) is 5.52 Å². The minimum absolute atomic E-state index is 0. The van der Waals surface area contributed by atoms with E-state index in [9.17, 15) is 0 Å². The van der Waals surface area contributed by atoms with Gasteiger partial charge in [-0.2, -0.15) is 5.10 Å². The molecule has 0 amide bonds. The van der Waals surface area contributed by atoms with Crippen LogP contribution in [0.5, 0.6) is 0 Å². The van der Waals surface area contributed by atoms with Crippen LogP contribution in [0.4, 0.5) is 0 Å². The monoisotopic (exact) mass is 357 g/mol. The molecule has 3 heterocycles. The third-order valence-electron chi connectivity index (χ3n) is 3.00. The number of aromatic nitrogens is 2. The highest BCUT2D eigenvalue weighted by molar-refractivity contribution is 14.0. The van der Waals surface area contributed by atoms with Crippen molar-refractivity contribution in [2.75, 3.05) is 20.1 Å². The molecule has 96 valence electrons. The lowest BCUT2D eigenvalue weighted by atomic mass is 10.2. The number of pyridine rings is 1. The predicted octanol–water partition coefficient (Wildman–Crippen LogP) is 1.34. The normalized spacial score (nSPS) is 14.5. The Morgan fingerprint density at radius 1 is 1.39 bits per heavy atom. The first-order valence-electron chi connectivity index (χ1n) is 5.75. The van der Waals surface area contributed by atoms with Gasteiger partial charge in [-0.15, -0.1) is 24.0 Å². The highest BCUT2D eigenvalue weighted by Crippen LogP contribution is 2.09. The average Bonchev–Trinajstić information content (AvgIpc) is 2.93. The topological polar surface area (TPSA) is 44.9 Å². The Kier molecular flexibility index (Phi) is 4.05. The summed E-state index contributed by atoms with van der Waals surface area (Å²) in [5.74, 6) is 0.972. The number of halogens is 1. The average molecular weight is 357 g/mol. The van der Waals surface area contributed by atoms with Crippen LogP contribution in [-0.4, -0.2) is 40.6 Å². The van der Waals surface area contributed by atoms with Gasteiger partial charge in [0.1, 0.15) is 0 Å². The van der Waals surface area contributed by atoms with E-state index in [0.29, 0.717) is 0 Å². The van der Waals surface area contributed by atoms with Crippen molar-refractivity contribution in [2.45, 2.75) is 6.54 Å². The van der Waals surface area contributed by atoms with E-state index in [-0.39, 0.29) is 24.0 Å². The second-order valence-corrected chi connectivity index (χ2v) is 4.18. The predicted molar refractivity (Wildman–Crippen MR) is 82.4 cm³/mol. The van der Waals surface area contributed by atoms with Crippen molar-refractivity contribution in [3.05, 3.63) is 36.2 Å². The third kappa shape index (κ3) is 2.43. The van der Waals surface area contributed by atoms with Gasteiger partial charge in [-0.25, -0.2) is 4.52 Å². The van der Waals surface area contributed by atoms with Gasteiger partial charge in [0.05, 0.1) is 18.3 Å². The molecule has 0 saturated carbocycles. The second kappa shape index (κ2) is 5.55. The Morgan fingerprint density at radius 2 is 2.28 bits per heavy atom. The molecule has 0 bridgehead atoms. The Hall–Kier alpha value is -1.31. The number of nitrogens with zero attached hydrogens (tertiary/aromatic N) is 4.